The zero-order valence-electron chi connectivity index (χ0n) is 17.7. The largest absolute Gasteiger partial charge is 0.481 e. The minimum atomic E-state index is -1.35. The van der Waals surface area contributed by atoms with Crippen molar-refractivity contribution in [3.8, 4) is 0 Å². The molecule has 32 heavy (non-hydrogen) atoms. The van der Waals surface area contributed by atoms with Crippen LogP contribution in [0.25, 0.3) is 0 Å². The monoisotopic (exact) mass is 448 g/mol. The number of carboxylic acid groups (broad SMARTS) is 2. The molecule has 4 unspecified atom stereocenters. The van der Waals surface area contributed by atoms with Crippen molar-refractivity contribution < 1.29 is 34.2 Å². The summed E-state index contributed by atoms with van der Waals surface area (Å²) in [6, 6.07) is 4.38. The van der Waals surface area contributed by atoms with Gasteiger partial charge in [-0.2, -0.15) is 0 Å². The van der Waals surface area contributed by atoms with Gasteiger partial charge in [0.15, 0.2) is 0 Å². The van der Waals surface area contributed by atoms with Crippen molar-refractivity contribution in [2.75, 3.05) is 6.54 Å². The highest BCUT2D eigenvalue weighted by Crippen LogP contribution is 2.18. The van der Waals surface area contributed by atoms with Crippen LogP contribution < -0.4 is 16.4 Å². The number of carbonyl (C=O) groups excluding carboxylic acids is 3. The molecule has 0 bridgehead atoms. The van der Waals surface area contributed by atoms with Gasteiger partial charge in [0.1, 0.15) is 18.1 Å². The minimum Gasteiger partial charge on any atom is -0.481 e. The number of carbonyl (C=O) groups is 5. The van der Waals surface area contributed by atoms with E-state index in [4.69, 9.17) is 10.8 Å². The van der Waals surface area contributed by atoms with Gasteiger partial charge in [0.05, 0.1) is 12.5 Å². The molecule has 1 aliphatic heterocycles. The molecule has 1 saturated heterocycles. The molecule has 174 valence electrons. The first-order chi connectivity index (χ1) is 15.1. The van der Waals surface area contributed by atoms with Gasteiger partial charge < -0.3 is 31.5 Å². The number of nitrogens with two attached hydrogens (primary N) is 1. The average molecular weight is 448 g/mol. The number of rotatable bonds is 10. The molecular formula is C21H28N4O7. The van der Waals surface area contributed by atoms with Gasteiger partial charge in [0.25, 0.3) is 0 Å². The van der Waals surface area contributed by atoms with Gasteiger partial charge in [-0.3, -0.25) is 19.2 Å². The van der Waals surface area contributed by atoms with Gasteiger partial charge in [-0.05, 0) is 25.3 Å². The van der Waals surface area contributed by atoms with Gasteiger partial charge in [-0.1, -0.05) is 30.3 Å². The molecule has 11 heteroatoms. The second-order valence-corrected chi connectivity index (χ2v) is 7.71. The van der Waals surface area contributed by atoms with E-state index in [2.05, 4.69) is 10.6 Å². The lowest BCUT2D eigenvalue weighted by molar-refractivity contribution is -0.149. The zero-order chi connectivity index (χ0) is 23.8. The highest BCUT2D eigenvalue weighted by molar-refractivity contribution is 5.94. The van der Waals surface area contributed by atoms with E-state index in [0.29, 0.717) is 12.8 Å². The van der Waals surface area contributed by atoms with Crippen molar-refractivity contribution in [3.63, 3.8) is 0 Å². The Morgan fingerprint density at radius 1 is 1.09 bits per heavy atom. The Hall–Kier alpha value is -3.47. The lowest BCUT2D eigenvalue weighted by Crippen LogP contribution is -2.57. The van der Waals surface area contributed by atoms with Gasteiger partial charge in [-0.25, -0.2) is 4.79 Å². The Morgan fingerprint density at radius 3 is 2.34 bits per heavy atom. The lowest BCUT2D eigenvalue weighted by Gasteiger charge is -2.27. The van der Waals surface area contributed by atoms with Crippen molar-refractivity contribution in [2.24, 2.45) is 5.73 Å². The number of hydrogen-bond acceptors (Lipinski definition) is 6. The van der Waals surface area contributed by atoms with Crippen LogP contribution in [0.5, 0.6) is 0 Å². The van der Waals surface area contributed by atoms with Gasteiger partial charge in [0, 0.05) is 13.0 Å². The van der Waals surface area contributed by atoms with Gasteiger partial charge in [-0.15, -0.1) is 0 Å². The number of nitrogens with one attached hydrogen (secondary N) is 2. The third-order valence-corrected chi connectivity index (χ3v) is 5.20. The first-order valence-electron chi connectivity index (χ1n) is 10.3. The van der Waals surface area contributed by atoms with Crippen LogP contribution in [0.3, 0.4) is 0 Å². The first kappa shape index (κ1) is 24.8. The molecule has 0 radical (unpaired) electrons. The fraction of sp³-hybridized carbons (Fsp3) is 0.476. The van der Waals surface area contributed by atoms with Gasteiger partial charge in [0.2, 0.25) is 17.7 Å². The summed E-state index contributed by atoms with van der Waals surface area (Å²) in [6.45, 7) is 1.72. The maximum absolute atomic E-state index is 12.9. The zero-order valence-corrected chi connectivity index (χ0v) is 17.7. The molecular weight excluding hydrogens is 420 g/mol. The molecule has 1 aliphatic rings. The third kappa shape index (κ3) is 6.77. The van der Waals surface area contributed by atoms with E-state index in [1.807, 2.05) is 0 Å². The number of aliphatic carboxylic acids is 2. The Kier molecular flexibility index (Phi) is 8.71. The number of carboxylic acids is 2. The molecule has 4 atom stereocenters. The Bertz CT molecular complexity index is 861. The molecule has 3 amide bonds. The number of hydrogen-bond donors (Lipinski definition) is 5. The predicted octanol–water partition coefficient (Wildman–Crippen LogP) is -0.904. The molecule has 11 nitrogen and oxygen atoms in total. The third-order valence-electron chi connectivity index (χ3n) is 5.20. The molecule has 1 heterocycles. The van der Waals surface area contributed by atoms with Crippen LogP contribution >= 0.6 is 0 Å². The molecule has 0 aliphatic carbocycles. The van der Waals surface area contributed by atoms with E-state index in [1.165, 1.54) is 11.8 Å². The van der Waals surface area contributed by atoms with Crippen LogP contribution in [-0.4, -0.2) is 75.5 Å². The molecule has 6 N–H and O–H groups in total. The van der Waals surface area contributed by atoms with E-state index in [0.717, 1.165) is 5.56 Å². The van der Waals surface area contributed by atoms with Crippen LogP contribution in [0, 0.1) is 0 Å². The number of likely N-dealkylation sites (tertiary alicyclic amines) is 1. The van der Waals surface area contributed by atoms with Gasteiger partial charge >= 0.3 is 11.9 Å². The fourth-order valence-corrected chi connectivity index (χ4v) is 3.53. The van der Waals surface area contributed by atoms with Crippen molar-refractivity contribution in [1.29, 1.82) is 0 Å². The maximum Gasteiger partial charge on any atom is 0.326 e. The van der Waals surface area contributed by atoms with Crippen molar-refractivity contribution >= 4 is 29.7 Å². The van der Waals surface area contributed by atoms with Crippen LogP contribution in [0.1, 0.15) is 31.7 Å². The molecule has 2 rings (SSSR count). The van der Waals surface area contributed by atoms with E-state index in [-0.39, 0.29) is 13.0 Å². The van der Waals surface area contributed by atoms with Crippen LogP contribution in [0.2, 0.25) is 0 Å². The summed E-state index contributed by atoms with van der Waals surface area (Å²) in [5.74, 6) is -4.37. The molecule has 0 saturated carbocycles. The van der Waals surface area contributed by atoms with Crippen LogP contribution in [-0.2, 0) is 30.4 Å². The number of nitrogens with zero attached hydrogens (tertiary/aromatic N) is 1. The molecule has 1 aromatic carbocycles. The minimum absolute atomic E-state index is 0.0839. The smallest absolute Gasteiger partial charge is 0.326 e. The summed E-state index contributed by atoms with van der Waals surface area (Å²) in [6.07, 6.45) is 0.375. The number of benzene rings is 1. The number of amides is 3. The van der Waals surface area contributed by atoms with Crippen molar-refractivity contribution in [1.82, 2.24) is 15.5 Å². The molecule has 0 spiro atoms. The molecule has 1 fully saturated rings. The Morgan fingerprint density at radius 2 is 1.75 bits per heavy atom. The lowest BCUT2D eigenvalue weighted by atomic mass is 10.0. The van der Waals surface area contributed by atoms with E-state index in [1.54, 1.807) is 30.3 Å². The van der Waals surface area contributed by atoms with E-state index in [9.17, 15) is 29.1 Å². The first-order valence-corrected chi connectivity index (χ1v) is 10.3. The summed E-state index contributed by atoms with van der Waals surface area (Å²) in [5, 5.41) is 23.1. The van der Waals surface area contributed by atoms with Crippen molar-refractivity contribution in [2.45, 2.75) is 56.8 Å². The van der Waals surface area contributed by atoms with E-state index >= 15 is 0 Å². The summed E-state index contributed by atoms with van der Waals surface area (Å²) in [7, 11) is 0. The van der Waals surface area contributed by atoms with Crippen LogP contribution in [0.4, 0.5) is 0 Å². The highest BCUT2D eigenvalue weighted by atomic mass is 16.4. The summed E-state index contributed by atoms with van der Waals surface area (Å²) in [4.78, 5) is 61.3. The summed E-state index contributed by atoms with van der Waals surface area (Å²) < 4.78 is 0. The SMILES string of the molecule is CC(NC(=O)C(Cc1ccccc1)NC(=O)C(N)CC(=O)O)C(=O)N1CCCC1C(=O)O. The fourth-order valence-electron chi connectivity index (χ4n) is 3.53. The standard InChI is InChI=1S/C21H28N4O7/c1-12(20(30)25-9-5-8-16(25)21(31)32)23-19(29)15(10-13-6-3-2-4-7-13)24-18(28)14(22)11-17(26)27/h2-4,6-7,12,14-16H,5,8-11,22H2,1H3,(H,23,29)(H,24,28)(H,26,27)(H,31,32). The Balaban J connectivity index is 2.10. The van der Waals surface area contributed by atoms with Crippen LogP contribution in [0.15, 0.2) is 30.3 Å². The second-order valence-electron chi connectivity index (χ2n) is 7.71. The Labute approximate surface area is 184 Å². The predicted molar refractivity (Wildman–Crippen MR) is 112 cm³/mol. The van der Waals surface area contributed by atoms with Crippen molar-refractivity contribution in [3.05, 3.63) is 35.9 Å². The molecule has 0 aromatic heterocycles. The molecule has 1 aromatic rings. The summed E-state index contributed by atoms with van der Waals surface area (Å²) >= 11 is 0. The summed E-state index contributed by atoms with van der Waals surface area (Å²) in [5.41, 5.74) is 6.32. The topological polar surface area (TPSA) is 179 Å². The highest BCUT2D eigenvalue weighted by Gasteiger charge is 2.37. The second kappa shape index (κ2) is 11.2. The van der Waals surface area contributed by atoms with E-state index < -0.39 is 60.2 Å². The average Bonchev–Trinajstić information content (AvgIpc) is 3.23. The normalized spacial score (nSPS) is 18.3. The quantitative estimate of drug-likeness (QED) is 0.305. The maximum atomic E-state index is 12.9.